The number of hydrogen-bond donors (Lipinski definition) is 0. The van der Waals surface area contributed by atoms with Gasteiger partial charge in [-0.2, -0.15) is 0 Å². The third-order valence-electron chi connectivity index (χ3n) is 2.23. The first-order valence-electron chi connectivity index (χ1n) is 4.74. The number of nitrogens with zero attached hydrogens (tertiary/aromatic N) is 3. The van der Waals surface area contributed by atoms with E-state index in [0.29, 0.717) is 23.7 Å². The maximum absolute atomic E-state index is 12.1. The van der Waals surface area contributed by atoms with E-state index in [0.717, 1.165) is 5.17 Å². The van der Waals surface area contributed by atoms with E-state index in [4.69, 9.17) is 11.6 Å². The zero-order chi connectivity index (χ0) is 11.5. The van der Waals surface area contributed by atoms with Crippen molar-refractivity contribution in [3.05, 3.63) is 29.0 Å². The molecule has 1 aliphatic rings. The first-order valence-corrected chi connectivity index (χ1v) is 6.34. The molecule has 0 fully saturated rings. The Bertz CT molecular complexity index is 449. The summed E-state index contributed by atoms with van der Waals surface area (Å²) in [6.07, 6.45) is 4.95. The van der Waals surface area contributed by atoms with Crippen molar-refractivity contribution in [3.8, 4) is 0 Å². The van der Waals surface area contributed by atoms with Crippen molar-refractivity contribution in [1.82, 2.24) is 9.88 Å². The van der Waals surface area contributed by atoms with E-state index >= 15 is 0 Å². The average molecular weight is 256 g/mol. The van der Waals surface area contributed by atoms with Crippen LogP contribution in [0.5, 0.6) is 0 Å². The van der Waals surface area contributed by atoms with Crippen LogP contribution in [0.4, 0.5) is 0 Å². The molecule has 1 aliphatic heterocycles. The Labute approximate surface area is 103 Å². The van der Waals surface area contributed by atoms with Gasteiger partial charge >= 0.3 is 0 Å². The summed E-state index contributed by atoms with van der Waals surface area (Å²) < 4.78 is 0. The molecule has 1 aromatic heterocycles. The molecule has 0 saturated carbocycles. The summed E-state index contributed by atoms with van der Waals surface area (Å²) in [5.74, 6) is -0.135. The van der Waals surface area contributed by atoms with Gasteiger partial charge in [-0.15, -0.1) is 0 Å². The SMILES string of the molecule is CSC1=NCCN1C(=O)c1cnccc1Cl. The van der Waals surface area contributed by atoms with Crippen molar-refractivity contribution in [3.63, 3.8) is 0 Å². The Morgan fingerprint density at radius 2 is 2.44 bits per heavy atom. The van der Waals surface area contributed by atoms with Crippen LogP contribution in [0.1, 0.15) is 10.4 Å². The third-order valence-corrected chi connectivity index (χ3v) is 3.27. The monoisotopic (exact) mass is 255 g/mol. The van der Waals surface area contributed by atoms with E-state index in [1.807, 2.05) is 6.26 Å². The molecule has 2 rings (SSSR count). The molecule has 6 heteroatoms. The molecule has 0 radical (unpaired) electrons. The second-order valence-electron chi connectivity index (χ2n) is 3.18. The van der Waals surface area contributed by atoms with Crippen molar-refractivity contribution < 1.29 is 4.79 Å². The lowest BCUT2D eigenvalue weighted by molar-refractivity contribution is 0.0860. The van der Waals surface area contributed by atoms with Crippen LogP contribution in [0.3, 0.4) is 0 Å². The highest BCUT2D eigenvalue weighted by atomic mass is 35.5. The molecule has 0 saturated heterocycles. The molecular weight excluding hydrogens is 246 g/mol. The zero-order valence-corrected chi connectivity index (χ0v) is 10.3. The van der Waals surface area contributed by atoms with Crippen molar-refractivity contribution >= 4 is 34.4 Å². The summed E-state index contributed by atoms with van der Waals surface area (Å²) in [7, 11) is 0. The fourth-order valence-electron chi connectivity index (χ4n) is 1.47. The number of aliphatic imine (C=N–C) groups is 1. The van der Waals surface area contributed by atoms with Gasteiger partial charge in [-0.25, -0.2) is 0 Å². The number of halogens is 1. The van der Waals surface area contributed by atoms with E-state index in [1.165, 1.54) is 18.0 Å². The number of amidine groups is 1. The Hall–Kier alpha value is -1.07. The van der Waals surface area contributed by atoms with Gasteiger partial charge < -0.3 is 0 Å². The highest BCUT2D eigenvalue weighted by Gasteiger charge is 2.25. The van der Waals surface area contributed by atoms with E-state index in [1.54, 1.807) is 17.2 Å². The molecule has 0 aliphatic carbocycles. The minimum absolute atomic E-state index is 0.135. The summed E-state index contributed by atoms with van der Waals surface area (Å²) in [5, 5.41) is 1.16. The molecule has 2 heterocycles. The smallest absolute Gasteiger partial charge is 0.262 e. The lowest BCUT2D eigenvalue weighted by Gasteiger charge is -2.16. The fraction of sp³-hybridized carbons (Fsp3) is 0.300. The van der Waals surface area contributed by atoms with Crippen LogP contribution in [-0.4, -0.2) is 40.3 Å². The van der Waals surface area contributed by atoms with E-state index in [-0.39, 0.29) is 5.91 Å². The highest BCUT2D eigenvalue weighted by molar-refractivity contribution is 8.13. The van der Waals surface area contributed by atoms with Crippen molar-refractivity contribution in [1.29, 1.82) is 0 Å². The predicted octanol–water partition coefficient (Wildman–Crippen LogP) is 1.91. The van der Waals surface area contributed by atoms with Gasteiger partial charge in [-0.3, -0.25) is 19.7 Å². The molecule has 4 nitrogen and oxygen atoms in total. The lowest BCUT2D eigenvalue weighted by atomic mass is 10.2. The van der Waals surface area contributed by atoms with E-state index in [2.05, 4.69) is 9.98 Å². The topological polar surface area (TPSA) is 45.6 Å². The minimum Gasteiger partial charge on any atom is -0.286 e. The lowest BCUT2D eigenvalue weighted by Crippen LogP contribution is -2.32. The molecule has 0 bridgehead atoms. The standard InChI is InChI=1S/C10H10ClN3OS/c1-16-10-13-4-5-14(10)9(15)7-6-12-3-2-8(7)11/h2-3,6H,4-5H2,1H3. The normalized spacial score (nSPS) is 15.1. The summed E-state index contributed by atoms with van der Waals surface area (Å²) in [5.41, 5.74) is 0.424. The Balaban J connectivity index is 2.27. The van der Waals surface area contributed by atoms with Gasteiger partial charge in [0.25, 0.3) is 5.91 Å². The summed E-state index contributed by atoms with van der Waals surface area (Å²) in [6.45, 7) is 1.26. The van der Waals surface area contributed by atoms with Crippen LogP contribution >= 0.6 is 23.4 Å². The van der Waals surface area contributed by atoms with E-state index in [9.17, 15) is 4.79 Å². The van der Waals surface area contributed by atoms with Crippen LogP contribution in [0.2, 0.25) is 5.02 Å². The molecule has 0 atom stereocenters. The number of pyridine rings is 1. The molecule has 16 heavy (non-hydrogen) atoms. The Morgan fingerprint density at radius 3 is 3.12 bits per heavy atom. The van der Waals surface area contributed by atoms with Crippen LogP contribution < -0.4 is 0 Å². The van der Waals surface area contributed by atoms with Crippen LogP contribution in [0, 0.1) is 0 Å². The van der Waals surface area contributed by atoms with Crippen molar-refractivity contribution in [2.24, 2.45) is 4.99 Å². The fourth-order valence-corrected chi connectivity index (χ4v) is 2.27. The molecule has 1 aromatic rings. The first kappa shape index (κ1) is 11.4. The number of hydrogen-bond acceptors (Lipinski definition) is 4. The molecule has 84 valence electrons. The van der Waals surface area contributed by atoms with Crippen LogP contribution in [0.25, 0.3) is 0 Å². The minimum atomic E-state index is -0.135. The van der Waals surface area contributed by atoms with Gasteiger partial charge in [-0.05, 0) is 12.3 Å². The number of aromatic nitrogens is 1. The number of carbonyl (C=O) groups is 1. The van der Waals surface area contributed by atoms with Gasteiger partial charge in [0, 0.05) is 18.9 Å². The molecule has 0 spiro atoms. The van der Waals surface area contributed by atoms with Crippen molar-refractivity contribution in [2.45, 2.75) is 0 Å². The zero-order valence-electron chi connectivity index (χ0n) is 8.68. The van der Waals surface area contributed by atoms with Crippen LogP contribution in [0.15, 0.2) is 23.5 Å². The Kier molecular flexibility index (Phi) is 3.46. The van der Waals surface area contributed by atoms with Gasteiger partial charge in [0.1, 0.15) is 0 Å². The van der Waals surface area contributed by atoms with E-state index < -0.39 is 0 Å². The molecular formula is C10H10ClN3OS. The predicted molar refractivity (Wildman–Crippen MR) is 66.1 cm³/mol. The number of amides is 1. The maximum Gasteiger partial charge on any atom is 0.262 e. The third kappa shape index (κ3) is 2.05. The van der Waals surface area contributed by atoms with Crippen LogP contribution in [-0.2, 0) is 0 Å². The maximum atomic E-state index is 12.1. The molecule has 0 aromatic carbocycles. The summed E-state index contributed by atoms with van der Waals surface area (Å²) >= 11 is 7.42. The highest BCUT2D eigenvalue weighted by Crippen LogP contribution is 2.19. The van der Waals surface area contributed by atoms with Gasteiger partial charge in [0.2, 0.25) is 0 Å². The Morgan fingerprint density at radius 1 is 1.62 bits per heavy atom. The quantitative estimate of drug-likeness (QED) is 0.770. The van der Waals surface area contributed by atoms with Gasteiger partial charge in [0.05, 0.1) is 17.1 Å². The number of thioether (sulfide) groups is 1. The van der Waals surface area contributed by atoms with Crippen molar-refractivity contribution in [2.75, 3.05) is 19.3 Å². The number of rotatable bonds is 1. The summed E-state index contributed by atoms with van der Waals surface area (Å²) in [4.78, 5) is 21.9. The summed E-state index contributed by atoms with van der Waals surface area (Å²) in [6, 6.07) is 1.61. The average Bonchev–Trinajstić information content (AvgIpc) is 2.77. The van der Waals surface area contributed by atoms with Gasteiger partial charge in [-0.1, -0.05) is 23.4 Å². The number of carbonyl (C=O) groups excluding carboxylic acids is 1. The molecule has 0 unspecified atom stereocenters. The second kappa shape index (κ2) is 4.84. The molecule has 0 N–H and O–H groups in total. The van der Waals surface area contributed by atoms with Gasteiger partial charge in [0.15, 0.2) is 5.17 Å². The molecule has 1 amide bonds. The first-order chi connectivity index (χ1) is 7.74. The largest absolute Gasteiger partial charge is 0.286 e. The second-order valence-corrected chi connectivity index (χ2v) is 4.36.